The quantitative estimate of drug-likeness (QED) is 0.361. The van der Waals surface area contributed by atoms with E-state index < -0.39 is 0 Å². The van der Waals surface area contributed by atoms with Crippen molar-refractivity contribution >= 4 is 43.8 Å². The number of rotatable bonds is 5. The van der Waals surface area contributed by atoms with Gasteiger partial charge in [-0.2, -0.15) is 0 Å². The van der Waals surface area contributed by atoms with Gasteiger partial charge in [0.25, 0.3) is 0 Å². The van der Waals surface area contributed by atoms with Crippen LogP contribution in [0.5, 0.6) is 5.75 Å². The molecule has 3 aromatic rings. The standard InChI is InChI=1S/C22H19Br2NO/c1-15-3-7-17(8-4-15)14-26-22-20(23)11-18(12-21(22)24)13-25-19-9-5-16(2)6-10-19/h3-13H,14H2,1-2H3. The molecule has 0 aliphatic heterocycles. The lowest BCUT2D eigenvalue weighted by Gasteiger charge is -2.11. The number of hydrogen-bond donors (Lipinski definition) is 0. The highest BCUT2D eigenvalue weighted by Crippen LogP contribution is 2.35. The molecule has 0 heterocycles. The molecule has 26 heavy (non-hydrogen) atoms. The molecule has 0 aromatic heterocycles. The summed E-state index contributed by atoms with van der Waals surface area (Å²) in [6.45, 7) is 4.67. The molecule has 0 saturated heterocycles. The first-order chi connectivity index (χ1) is 12.5. The molecular weight excluding hydrogens is 454 g/mol. The van der Waals surface area contributed by atoms with Crippen LogP contribution in [-0.2, 0) is 6.61 Å². The number of nitrogens with zero attached hydrogens (tertiary/aromatic N) is 1. The third kappa shape index (κ3) is 5.05. The zero-order valence-electron chi connectivity index (χ0n) is 14.7. The Bertz CT molecular complexity index is 893. The van der Waals surface area contributed by atoms with E-state index in [9.17, 15) is 0 Å². The lowest BCUT2D eigenvalue weighted by atomic mass is 10.2. The van der Waals surface area contributed by atoms with Crippen LogP contribution in [0.4, 0.5) is 5.69 Å². The predicted octanol–water partition coefficient (Wildman–Crippen LogP) is 7.16. The number of halogens is 2. The molecule has 2 nitrogen and oxygen atoms in total. The van der Waals surface area contributed by atoms with Crippen molar-refractivity contribution in [1.82, 2.24) is 0 Å². The minimum Gasteiger partial charge on any atom is -0.487 e. The summed E-state index contributed by atoms with van der Waals surface area (Å²) in [6, 6.07) is 20.5. The molecule has 0 radical (unpaired) electrons. The molecule has 0 N–H and O–H groups in total. The van der Waals surface area contributed by atoms with Gasteiger partial charge in [-0.3, -0.25) is 4.99 Å². The van der Waals surface area contributed by atoms with E-state index in [-0.39, 0.29) is 0 Å². The third-order valence-electron chi connectivity index (χ3n) is 3.92. The van der Waals surface area contributed by atoms with Gasteiger partial charge < -0.3 is 4.74 Å². The summed E-state index contributed by atoms with van der Waals surface area (Å²) in [5.74, 6) is 0.790. The van der Waals surface area contributed by atoms with Gasteiger partial charge in [0, 0.05) is 6.21 Å². The van der Waals surface area contributed by atoms with Gasteiger partial charge in [-0.05, 0) is 81.1 Å². The maximum absolute atomic E-state index is 5.99. The Morgan fingerprint density at radius 1 is 0.846 bits per heavy atom. The van der Waals surface area contributed by atoms with E-state index in [4.69, 9.17) is 4.74 Å². The van der Waals surface area contributed by atoms with Crippen molar-refractivity contribution in [2.45, 2.75) is 20.5 Å². The highest BCUT2D eigenvalue weighted by molar-refractivity contribution is 9.11. The average molecular weight is 473 g/mol. The van der Waals surface area contributed by atoms with Gasteiger partial charge in [0.2, 0.25) is 0 Å². The Morgan fingerprint density at radius 3 is 1.96 bits per heavy atom. The fraction of sp³-hybridized carbons (Fsp3) is 0.136. The van der Waals surface area contributed by atoms with Crippen molar-refractivity contribution in [3.8, 4) is 5.75 Å². The van der Waals surface area contributed by atoms with E-state index in [0.29, 0.717) is 6.61 Å². The molecule has 0 fully saturated rings. The molecule has 132 valence electrons. The summed E-state index contributed by atoms with van der Waals surface area (Å²) >= 11 is 7.20. The fourth-order valence-corrected chi connectivity index (χ4v) is 3.86. The fourth-order valence-electron chi connectivity index (χ4n) is 2.41. The monoisotopic (exact) mass is 471 g/mol. The second kappa shape index (κ2) is 8.65. The van der Waals surface area contributed by atoms with Gasteiger partial charge in [0.05, 0.1) is 14.6 Å². The Morgan fingerprint density at radius 2 is 1.38 bits per heavy atom. The minimum absolute atomic E-state index is 0.522. The Labute approximate surface area is 171 Å². The molecule has 0 bridgehead atoms. The van der Waals surface area contributed by atoms with Crippen molar-refractivity contribution in [2.75, 3.05) is 0 Å². The van der Waals surface area contributed by atoms with E-state index in [1.807, 2.05) is 30.5 Å². The molecule has 0 aliphatic carbocycles. The maximum atomic E-state index is 5.99. The van der Waals surface area contributed by atoms with Gasteiger partial charge in [-0.25, -0.2) is 0 Å². The van der Waals surface area contributed by atoms with Gasteiger partial charge in [0.15, 0.2) is 0 Å². The molecule has 4 heteroatoms. The second-order valence-electron chi connectivity index (χ2n) is 6.18. The lowest BCUT2D eigenvalue weighted by Crippen LogP contribution is -1.98. The van der Waals surface area contributed by atoms with Crippen molar-refractivity contribution in [3.63, 3.8) is 0 Å². The van der Waals surface area contributed by atoms with Crippen molar-refractivity contribution in [1.29, 1.82) is 0 Å². The topological polar surface area (TPSA) is 21.6 Å². The van der Waals surface area contributed by atoms with Crippen LogP contribution in [0.15, 0.2) is 74.6 Å². The molecule has 0 amide bonds. The van der Waals surface area contributed by atoms with Crippen LogP contribution in [0.3, 0.4) is 0 Å². The molecule has 0 spiro atoms. The first-order valence-corrected chi connectivity index (χ1v) is 9.88. The summed E-state index contributed by atoms with van der Waals surface area (Å²) in [7, 11) is 0. The molecule has 0 atom stereocenters. The number of hydrogen-bond acceptors (Lipinski definition) is 2. The van der Waals surface area contributed by atoms with E-state index in [0.717, 1.165) is 31.5 Å². The zero-order valence-corrected chi connectivity index (χ0v) is 17.8. The van der Waals surface area contributed by atoms with Crippen LogP contribution in [-0.4, -0.2) is 6.21 Å². The summed E-state index contributed by atoms with van der Waals surface area (Å²) in [6.07, 6.45) is 1.85. The van der Waals surface area contributed by atoms with Crippen LogP contribution in [0, 0.1) is 13.8 Å². The Hall–Kier alpha value is -1.91. The first-order valence-electron chi connectivity index (χ1n) is 8.29. The summed E-state index contributed by atoms with van der Waals surface area (Å²) in [5.41, 5.74) is 5.53. The summed E-state index contributed by atoms with van der Waals surface area (Å²) in [4.78, 5) is 4.52. The van der Waals surface area contributed by atoms with E-state index in [1.165, 1.54) is 11.1 Å². The van der Waals surface area contributed by atoms with E-state index in [2.05, 4.69) is 87.1 Å². The molecule has 0 saturated carbocycles. The van der Waals surface area contributed by atoms with Crippen LogP contribution >= 0.6 is 31.9 Å². The van der Waals surface area contributed by atoms with Crippen LogP contribution < -0.4 is 4.74 Å². The number of benzene rings is 3. The minimum atomic E-state index is 0.522. The Balaban J connectivity index is 1.73. The van der Waals surface area contributed by atoms with Crippen molar-refractivity contribution in [2.24, 2.45) is 4.99 Å². The third-order valence-corrected chi connectivity index (χ3v) is 5.10. The van der Waals surface area contributed by atoms with Crippen LogP contribution in [0.2, 0.25) is 0 Å². The summed E-state index contributed by atoms with van der Waals surface area (Å²) in [5, 5.41) is 0. The molecule has 0 unspecified atom stereocenters. The number of aliphatic imine (C=N–C) groups is 1. The molecule has 3 rings (SSSR count). The maximum Gasteiger partial charge on any atom is 0.148 e. The van der Waals surface area contributed by atoms with Gasteiger partial charge in [-0.15, -0.1) is 0 Å². The molecule has 0 aliphatic rings. The predicted molar refractivity (Wildman–Crippen MR) is 116 cm³/mol. The number of ether oxygens (including phenoxy) is 1. The zero-order chi connectivity index (χ0) is 18.5. The number of aryl methyl sites for hydroxylation is 2. The van der Waals surface area contributed by atoms with E-state index in [1.54, 1.807) is 0 Å². The highest BCUT2D eigenvalue weighted by Gasteiger charge is 2.09. The SMILES string of the molecule is Cc1ccc(COc2c(Br)cc(C=Nc3ccc(C)cc3)cc2Br)cc1. The van der Waals surface area contributed by atoms with Gasteiger partial charge in [-0.1, -0.05) is 47.5 Å². The largest absolute Gasteiger partial charge is 0.487 e. The lowest BCUT2D eigenvalue weighted by molar-refractivity contribution is 0.302. The van der Waals surface area contributed by atoms with Crippen molar-refractivity contribution in [3.05, 3.63) is 91.9 Å². The molecule has 3 aromatic carbocycles. The van der Waals surface area contributed by atoms with Crippen molar-refractivity contribution < 1.29 is 4.74 Å². The Kier molecular flexibility index (Phi) is 6.28. The first kappa shape index (κ1) is 18.9. The normalized spacial score (nSPS) is 11.1. The van der Waals surface area contributed by atoms with Crippen LogP contribution in [0.25, 0.3) is 0 Å². The highest BCUT2D eigenvalue weighted by atomic mass is 79.9. The second-order valence-corrected chi connectivity index (χ2v) is 7.89. The smallest absolute Gasteiger partial charge is 0.148 e. The van der Waals surface area contributed by atoms with E-state index >= 15 is 0 Å². The summed E-state index contributed by atoms with van der Waals surface area (Å²) < 4.78 is 7.77. The average Bonchev–Trinajstić information content (AvgIpc) is 2.62. The van der Waals surface area contributed by atoms with Crippen LogP contribution in [0.1, 0.15) is 22.3 Å². The van der Waals surface area contributed by atoms with Gasteiger partial charge >= 0.3 is 0 Å². The molecular formula is C22H19Br2NO. The van der Waals surface area contributed by atoms with Gasteiger partial charge in [0.1, 0.15) is 12.4 Å².